The summed E-state index contributed by atoms with van der Waals surface area (Å²) < 4.78 is 8.15. The lowest BCUT2D eigenvalue weighted by Gasteiger charge is -2.41. The zero-order valence-electron chi connectivity index (χ0n) is 21.5. The number of amides is 2. The van der Waals surface area contributed by atoms with Crippen molar-refractivity contribution in [1.82, 2.24) is 14.8 Å². The fourth-order valence-electron chi connectivity index (χ4n) is 5.88. The van der Waals surface area contributed by atoms with Gasteiger partial charge in [0, 0.05) is 37.2 Å². The van der Waals surface area contributed by atoms with Crippen LogP contribution < -0.4 is 10.1 Å². The predicted molar refractivity (Wildman–Crippen MR) is 142 cm³/mol. The SMILES string of the molecule is C[C@@H]1COc2ccccc2CCCCC2(CCN(C(=O)Cc3cn(C)c4ccccc34)CC2)C(=O)N1. The molecule has 0 unspecified atom stereocenters. The lowest BCUT2D eigenvalue weighted by Crippen LogP contribution is -2.52. The minimum Gasteiger partial charge on any atom is -0.491 e. The maximum absolute atomic E-state index is 13.5. The molecular weight excluding hydrogens is 450 g/mol. The van der Waals surface area contributed by atoms with Gasteiger partial charge < -0.3 is 19.5 Å². The Hall–Kier alpha value is -3.28. The minimum atomic E-state index is -0.413. The monoisotopic (exact) mass is 487 g/mol. The molecule has 2 aromatic carbocycles. The number of ether oxygens (including phenoxy) is 1. The first-order valence-electron chi connectivity index (χ1n) is 13.3. The Bertz CT molecular complexity index is 1240. The van der Waals surface area contributed by atoms with E-state index in [1.54, 1.807) is 0 Å². The van der Waals surface area contributed by atoms with Gasteiger partial charge in [-0.25, -0.2) is 0 Å². The average Bonchev–Trinajstić information content (AvgIpc) is 3.20. The number of benzene rings is 2. The van der Waals surface area contributed by atoms with Crippen molar-refractivity contribution in [2.75, 3.05) is 19.7 Å². The number of rotatable bonds is 2. The molecule has 0 aliphatic carbocycles. The Labute approximate surface area is 213 Å². The first-order valence-corrected chi connectivity index (χ1v) is 13.3. The number of aromatic nitrogens is 1. The van der Waals surface area contributed by atoms with Crippen LogP contribution in [0.1, 0.15) is 50.2 Å². The number of carbonyl (C=O) groups is 2. The molecule has 0 bridgehead atoms. The van der Waals surface area contributed by atoms with Crippen LogP contribution in [0.5, 0.6) is 5.75 Å². The molecule has 5 rings (SSSR count). The van der Waals surface area contributed by atoms with Gasteiger partial charge in [0.15, 0.2) is 0 Å². The van der Waals surface area contributed by atoms with E-state index in [0.717, 1.165) is 47.9 Å². The van der Waals surface area contributed by atoms with Gasteiger partial charge in [0.1, 0.15) is 12.4 Å². The molecule has 2 amide bonds. The highest BCUT2D eigenvalue weighted by Gasteiger charge is 2.42. The largest absolute Gasteiger partial charge is 0.491 e. The molecule has 6 heteroatoms. The van der Waals surface area contributed by atoms with Crippen molar-refractivity contribution in [3.63, 3.8) is 0 Å². The third-order valence-corrected chi connectivity index (χ3v) is 8.07. The number of aryl methyl sites for hydroxylation is 2. The third-order valence-electron chi connectivity index (χ3n) is 8.07. The predicted octanol–water partition coefficient (Wildman–Crippen LogP) is 4.64. The van der Waals surface area contributed by atoms with Gasteiger partial charge in [-0.3, -0.25) is 9.59 Å². The molecule has 0 saturated carbocycles. The highest BCUT2D eigenvalue weighted by molar-refractivity contribution is 5.89. The smallest absolute Gasteiger partial charge is 0.227 e. The number of hydrogen-bond acceptors (Lipinski definition) is 3. The van der Waals surface area contributed by atoms with E-state index in [1.165, 1.54) is 5.56 Å². The van der Waals surface area contributed by atoms with Crippen molar-refractivity contribution in [2.45, 2.75) is 57.9 Å². The number of nitrogens with one attached hydrogen (secondary N) is 1. The second-order valence-electron chi connectivity index (χ2n) is 10.6. The molecule has 0 radical (unpaired) electrons. The van der Waals surface area contributed by atoms with E-state index >= 15 is 0 Å². The second kappa shape index (κ2) is 10.4. The molecule has 36 heavy (non-hydrogen) atoms. The van der Waals surface area contributed by atoms with Gasteiger partial charge in [-0.1, -0.05) is 42.8 Å². The number of likely N-dealkylation sites (tertiary alicyclic amines) is 1. The summed E-state index contributed by atoms with van der Waals surface area (Å²) in [5, 5.41) is 4.36. The van der Waals surface area contributed by atoms with Crippen LogP contribution in [0.15, 0.2) is 54.7 Å². The van der Waals surface area contributed by atoms with Crippen LogP contribution in [-0.4, -0.2) is 47.0 Å². The highest BCUT2D eigenvalue weighted by atomic mass is 16.5. The van der Waals surface area contributed by atoms with E-state index in [0.29, 0.717) is 39.0 Å². The standard InChI is InChI=1S/C30H37N3O3/c1-22-21-36-27-13-6-3-9-23(27)10-7-8-14-30(29(35)31-22)15-17-33(18-16-30)28(34)19-24-20-32(2)26-12-5-4-11-25(24)26/h3-6,9,11-13,20,22H,7-8,10,14-19,21H2,1-2H3,(H,31,35)/t22-/m1/s1. The highest BCUT2D eigenvalue weighted by Crippen LogP contribution is 2.38. The van der Waals surface area contributed by atoms with Gasteiger partial charge in [0.25, 0.3) is 0 Å². The number of para-hydroxylation sites is 2. The number of hydrogen-bond donors (Lipinski definition) is 1. The van der Waals surface area contributed by atoms with E-state index in [1.807, 2.05) is 43.1 Å². The molecule has 1 fully saturated rings. The zero-order valence-corrected chi connectivity index (χ0v) is 21.5. The molecule has 1 aromatic heterocycles. The topological polar surface area (TPSA) is 63.6 Å². The van der Waals surface area contributed by atoms with Crippen molar-refractivity contribution in [1.29, 1.82) is 0 Å². The number of piperidine rings is 1. The summed E-state index contributed by atoms with van der Waals surface area (Å²) in [7, 11) is 2.02. The Morgan fingerprint density at radius 2 is 1.81 bits per heavy atom. The van der Waals surface area contributed by atoms with Gasteiger partial charge >= 0.3 is 0 Å². The lowest BCUT2D eigenvalue weighted by atomic mass is 9.73. The summed E-state index contributed by atoms with van der Waals surface area (Å²) in [6.45, 7) is 3.72. The van der Waals surface area contributed by atoms with Crippen LogP contribution in [0.25, 0.3) is 10.9 Å². The fraction of sp³-hybridized carbons (Fsp3) is 0.467. The van der Waals surface area contributed by atoms with E-state index in [-0.39, 0.29) is 17.9 Å². The first-order chi connectivity index (χ1) is 17.4. The summed E-state index contributed by atoms with van der Waals surface area (Å²) in [5.74, 6) is 1.19. The zero-order chi connectivity index (χ0) is 25.1. The number of fused-ring (bicyclic) bond motifs is 2. The van der Waals surface area contributed by atoms with Crippen LogP contribution in [0, 0.1) is 5.41 Å². The van der Waals surface area contributed by atoms with Gasteiger partial charge in [-0.2, -0.15) is 0 Å². The van der Waals surface area contributed by atoms with Crippen LogP contribution >= 0.6 is 0 Å². The maximum atomic E-state index is 13.5. The normalized spacial score (nSPS) is 20.7. The van der Waals surface area contributed by atoms with Gasteiger partial charge in [0.05, 0.1) is 17.9 Å². The van der Waals surface area contributed by atoms with E-state index < -0.39 is 5.41 Å². The summed E-state index contributed by atoms with van der Waals surface area (Å²) in [4.78, 5) is 28.7. The minimum absolute atomic E-state index is 0.0760. The summed E-state index contributed by atoms with van der Waals surface area (Å²) in [5.41, 5.74) is 3.03. The van der Waals surface area contributed by atoms with Crippen molar-refractivity contribution >= 4 is 22.7 Å². The summed E-state index contributed by atoms with van der Waals surface area (Å²) >= 11 is 0. The Kier molecular flexibility index (Phi) is 7.04. The molecule has 2 aliphatic rings. The molecule has 1 saturated heterocycles. The maximum Gasteiger partial charge on any atom is 0.227 e. The van der Waals surface area contributed by atoms with Crippen molar-refractivity contribution < 1.29 is 14.3 Å². The van der Waals surface area contributed by atoms with Crippen LogP contribution in [0.3, 0.4) is 0 Å². The Morgan fingerprint density at radius 1 is 1.06 bits per heavy atom. The van der Waals surface area contributed by atoms with Gasteiger partial charge in [0.2, 0.25) is 11.8 Å². The first kappa shape index (κ1) is 24.4. The third kappa shape index (κ3) is 4.99. The van der Waals surface area contributed by atoms with E-state index in [4.69, 9.17) is 4.74 Å². The van der Waals surface area contributed by atoms with Crippen molar-refractivity contribution in [2.24, 2.45) is 12.5 Å². The van der Waals surface area contributed by atoms with E-state index in [2.05, 4.69) is 40.3 Å². The molecule has 2 aliphatic heterocycles. The van der Waals surface area contributed by atoms with Crippen LogP contribution in [0.2, 0.25) is 0 Å². The molecule has 190 valence electrons. The van der Waals surface area contributed by atoms with Crippen molar-refractivity contribution in [3.05, 3.63) is 65.9 Å². The molecule has 1 spiro atoms. The second-order valence-corrected chi connectivity index (χ2v) is 10.6. The van der Waals surface area contributed by atoms with Crippen molar-refractivity contribution in [3.8, 4) is 5.75 Å². The average molecular weight is 488 g/mol. The summed E-state index contributed by atoms with van der Waals surface area (Å²) in [6.07, 6.45) is 7.71. The Balaban J connectivity index is 1.25. The van der Waals surface area contributed by atoms with Gasteiger partial charge in [-0.05, 0) is 62.3 Å². The molecule has 1 atom stereocenters. The quantitative estimate of drug-likeness (QED) is 0.573. The van der Waals surface area contributed by atoms with Gasteiger partial charge in [-0.15, -0.1) is 0 Å². The number of carbonyl (C=O) groups excluding carboxylic acids is 2. The molecule has 3 aromatic rings. The molecule has 1 N–H and O–H groups in total. The lowest BCUT2D eigenvalue weighted by molar-refractivity contribution is -0.141. The Morgan fingerprint density at radius 3 is 2.64 bits per heavy atom. The fourth-order valence-corrected chi connectivity index (χ4v) is 5.88. The molecular formula is C30H37N3O3. The molecule has 3 heterocycles. The number of nitrogens with zero attached hydrogens (tertiary/aromatic N) is 2. The van der Waals surface area contributed by atoms with E-state index in [9.17, 15) is 9.59 Å². The molecule has 6 nitrogen and oxygen atoms in total. The summed E-state index contributed by atoms with van der Waals surface area (Å²) in [6, 6.07) is 16.4. The van der Waals surface area contributed by atoms with Crippen LogP contribution in [0.4, 0.5) is 0 Å². The van der Waals surface area contributed by atoms with Crippen LogP contribution in [-0.2, 0) is 29.5 Å².